The summed E-state index contributed by atoms with van der Waals surface area (Å²) in [6.45, 7) is 4.60. The minimum absolute atomic E-state index is 0.0532. The second-order valence-electron chi connectivity index (χ2n) is 4.03. The third-order valence-electron chi connectivity index (χ3n) is 2.82. The van der Waals surface area contributed by atoms with Crippen LogP contribution in [-0.4, -0.2) is 11.3 Å². The van der Waals surface area contributed by atoms with Gasteiger partial charge >= 0.3 is 6.18 Å². The number of hydrogen-bond acceptors (Lipinski definition) is 1. The molecule has 0 aliphatic carbocycles. The molecule has 0 aromatic heterocycles. The molecular formula is C12H15F3O. The van der Waals surface area contributed by atoms with Crippen molar-refractivity contribution in [2.75, 3.05) is 0 Å². The lowest BCUT2D eigenvalue weighted by molar-refractivity contribution is -0.268. The van der Waals surface area contributed by atoms with Crippen molar-refractivity contribution in [1.29, 1.82) is 0 Å². The third-order valence-corrected chi connectivity index (χ3v) is 2.82. The molecule has 0 saturated heterocycles. The van der Waals surface area contributed by atoms with Gasteiger partial charge in [0.2, 0.25) is 0 Å². The second-order valence-corrected chi connectivity index (χ2v) is 4.03. The Morgan fingerprint density at radius 3 is 2.19 bits per heavy atom. The summed E-state index contributed by atoms with van der Waals surface area (Å²) in [6.07, 6.45) is -5.04. The van der Waals surface area contributed by atoms with Crippen molar-refractivity contribution < 1.29 is 18.3 Å². The molecule has 1 N–H and O–H groups in total. The Labute approximate surface area is 92.9 Å². The van der Waals surface area contributed by atoms with E-state index in [1.54, 1.807) is 26.0 Å². The maximum atomic E-state index is 12.9. The summed E-state index contributed by atoms with van der Waals surface area (Å²) in [4.78, 5) is 0. The number of aryl methyl sites for hydroxylation is 2. The normalized spacial score (nSPS) is 15.9. The van der Waals surface area contributed by atoms with E-state index >= 15 is 0 Å². The molecule has 1 aromatic carbocycles. The fraction of sp³-hybridized carbons (Fsp3) is 0.500. The highest BCUT2D eigenvalue weighted by molar-refractivity contribution is 5.36. The van der Waals surface area contributed by atoms with Crippen LogP contribution in [-0.2, 0) is 5.60 Å². The van der Waals surface area contributed by atoms with Gasteiger partial charge in [-0.3, -0.25) is 0 Å². The highest BCUT2D eigenvalue weighted by atomic mass is 19.4. The van der Waals surface area contributed by atoms with Crippen LogP contribution in [0.15, 0.2) is 18.2 Å². The van der Waals surface area contributed by atoms with Crippen molar-refractivity contribution in [2.24, 2.45) is 0 Å². The predicted octanol–water partition coefficient (Wildman–Crippen LogP) is 3.46. The van der Waals surface area contributed by atoms with Gasteiger partial charge in [-0.05, 0) is 31.4 Å². The fourth-order valence-electron chi connectivity index (χ4n) is 1.73. The van der Waals surface area contributed by atoms with E-state index in [4.69, 9.17) is 0 Å². The van der Waals surface area contributed by atoms with Crippen LogP contribution in [0.2, 0.25) is 0 Å². The summed E-state index contributed by atoms with van der Waals surface area (Å²) >= 11 is 0. The lowest BCUT2D eigenvalue weighted by Gasteiger charge is -2.31. The zero-order chi connectivity index (χ0) is 12.6. The summed E-state index contributed by atoms with van der Waals surface area (Å²) in [5.74, 6) is 0. The largest absolute Gasteiger partial charge is 0.421 e. The highest BCUT2D eigenvalue weighted by Crippen LogP contribution is 2.42. The number of rotatable bonds is 2. The molecule has 0 heterocycles. The van der Waals surface area contributed by atoms with Gasteiger partial charge in [-0.15, -0.1) is 0 Å². The number of halogens is 3. The van der Waals surface area contributed by atoms with E-state index in [-0.39, 0.29) is 12.0 Å². The van der Waals surface area contributed by atoms with Crippen molar-refractivity contribution in [3.8, 4) is 0 Å². The van der Waals surface area contributed by atoms with Crippen LogP contribution in [0.5, 0.6) is 0 Å². The van der Waals surface area contributed by atoms with Gasteiger partial charge in [-0.1, -0.05) is 30.7 Å². The zero-order valence-electron chi connectivity index (χ0n) is 9.52. The number of alkyl halides is 3. The molecule has 0 saturated carbocycles. The molecule has 0 aliphatic rings. The Bertz CT molecular complexity index is 384. The van der Waals surface area contributed by atoms with Crippen LogP contribution in [0.4, 0.5) is 13.2 Å². The van der Waals surface area contributed by atoms with Gasteiger partial charge < -0.3 is 5.11 Å². The monoisotopic (exact) mass is 232 g/mol. The van der Waals surface area contributed by atoms with Gasteiger partial charge in [-0.25, -0.2) is 0 Å². The Hall–Kier alpha value is -1.03. The number of hydrogen-bond donors (Lipinski definition) is 1. The van der Waals surface area contributed by atoms with Crippen molar-refractivity contribution in [3.63, 3.8) is 0 Å². The van der Waals surface area contributed by atoms with Crippen molar-refractivity contribution >= 4 is 0 Å². The molecule has 0 spiro atoms. The van der Waals surface area contributed by atoms with Gasteiger partial charge in [0.25, 0.3) is 0 Å². The predicted molar refractivity (Wildman–Crippen MR) is 56.2 cm³/mol. The van der Waals surface area contributed by atoms with E-state index in [0.29, 0.717) is 11.1 Å². The lowest BCUT2D eigenvalue weighted by Crippen LogP contribution is -2.42. The van der Waals surface area contributed by atoms with E-state index in [1.165, 1.54) is 13.0 Å². The molecule has 1 nitrogen and oxygen atoms in total. The highest BCUT2D eigenvalue weighted by Gasteiger charge is 2.54. The minimum Gasteiger partial charge on any atom is -0.376 e. The molecule has 0 bridgehead atoms. The smallest absolute Gasteiger partial charge is 0.376 e. The first-order chi connectivity index (χ1) is 7.22. The Morgan fingerprint density at radius 2 is 1.75 bits per heavy atom. The summed E-state index contributed by atoms with van der Waals surface area (Å²) in [5, 5.41) is 9.81. The Kier molecular flexibility index (Phi) is 3.33. The SMILES string of the molecule is CCC(O)(c1cc(C)ccc1C)C(F)(F)F. The van der Waals surface area contributed by atoms with Gasteiger partial charge in [0.1, 0.15) is 0 Å². The molecule has 4 heteroatoms. The quantitative estimate of drug-likeness (QED) is 0.827. The van der Waals surface area contributed by atoms with Crippen molar-refractivity contribution in [3.05, 3.63) is 34.9 Å². The first-order valence-corrected chi connectivity index (χ1v) is 5.09. The van der Waals surface area contributed by atoms with E-state index in [9.17, 15) is 18.3 Å². The maximum absolute atomic E-state index is 12.9. The standard InChI is InChI=1S/C12H15F3O/c1-4-11(16,12(13,14)15)10-7-8(2)5-6-9(10)3/h5-7,16H,4H2,1-3H3. The molecule has 1 aromatic rings. The van der Waals surface area contributed by atoms with Crippen LogP contribution in [0.25, 0.3) is 0 Å². The fourth-order valence-corrected chi connectivity index (χ4v) is 1.73. The maximum Gasteiger partial charge on any atom is 0.421 e. The van der Waals surface area contributed by atoms with E-state index in [1.807, 2.05) is 0 Å². The molecule has 16 heavy (non-hydrogen) atoms. The molecule has 1 atom stereocenters. The number of aliphatic hydroxyl groups is 1. The molecule has 1 rings (SSSR count). The molecule has 90 valence electrons. The summed E-state index contributed by atoms with van der Waals surface area (Å²) in [5.41, 5.74) is -1.64. The zero-order valence-corrected chi connectivity index (χ0v) is 9.52. The van der Waals surface area contributed by atoms with Crippen molar-refractivity contribution in [2.45, 2.75) is 39.0 Å². The van der Waals surface area contributed by atoms with Crippen LogP contribution < -0.4 is 0 Å². The Morgan fingerprint density at radius 1 is 1.19 bits per heavy atom. The summed E-state index contributed by atoms with van der Waals surface area (Å²) in [6, 6.07) is 4.72. The van der Waals surface area contributed by atoms with E-state index in [2.05, 4.69) is 0 Å². The molecule has 0 radical (unpaired) electrons. The molecular weight excluding hydrogens is 217 g/mol. The van der Waals surface area contributed by atoms with Gasteiger partial charge in [0.05, 0.1) is 0 Å². The number of benzene rings is 1. The average Bonchev–Trinajstić information content (AvgIpc) is 2.19. The second kappa shape index (κ2) is 4.09. The topological polar surface area (TPSA) is 20.2 Å². The average molecular weight is 232 g/mol. The van der Waals surface area contributed by atoms with Crippen LogP contribution >= 0.6 is 0 Å². The van der Waals surface area contributed by atoms with Crippen LogP contribution in [0.3, 0.4) is 0 Å². The molecule has 0 fully saturated rings. The van der Waals surface area contributed by atoms with Crippen LogP contribution in [0.1, 0.15) is 30.0 Å². The molecule has 0 amide bonds. The molecule has 0 aliphatic heterocycles. The van der Waals surface area contributed by atoms with E-state index < -0.39 is 11.8 Å². The summed E-state index contributed by atoms with van der Waals surface area (Å²) in [7, 11) is 0. The molecule has 1 unspecified atom stereocenters. The summed E-state index contributed by atoms with van der Waals surface area (Å²) < 4.78 is 38.6. The minimum atomic E-state index is -4.65. The van der Waals surface area contributed by atoms with Crippen molar-refractivity contribution in [1.82, 2.24) is 0 Å². The first kappa shape index (κ1) is 13.0. The van der Waals surface area contributed by atoms with Gasteiger partial charge in [-0.2, -0.15) is 13.2 Å². The first-order valence-electron chi connectivity index (χ1n) is 5.09. The third kappa shape index (κ3) is 2.07. The van der Waals surface area contributed by atoms with Crippen LogP contribution in [0, 0.1) is 13.8 Å². The van der Waals surface area contributed by atoms with Gasteiger partial charge in [0.15, 0.2) is 5.60 Å². The van der Waals surface area contributed by atoms with Gasteiger partial charge in [0, 0.05) is 0 Å². The van der Waals surface area contributed by atoms with E-state index in [0.717, 1.165) is 0 Å². The Balaban J connectivity index is 3.39. The lowest BCUT2D eigenvalue weighted by atomic mass is 9.86.